The predicted molar refractivity (Wildman–Crippen MR) is 274 cm³/mol. The van der Waals surface area contributed by atoms with E-state index < -0.39 is 102 Å². The lowest BCUT2D eigenvalue weighted by Crippen LogP contribution is -2.36. The van der Waals surface area contributed by atoms with Crippen LogP contribution in [0.1, 0.15) is 142 Å². The van der Waals surface area contributed by atoms with E-state index in [9.17, 15) is 58.8 Å². The molecule has 414 valence electrons. The summed E-state index contributed by atoms with van der Waals surface area (Å²) >= 11 is 0. The Morgan fingerprint density at radius 1 is 0.767 bits per heavy atom. The third-order valence-corrected chi connectivity index (χ3v) is 13.7. The molecule has 1 saturated heterocycles. The molecule has 0 bridgehead atoms. The van der Waals surface area contributed by atoms with Crippen molar-refractivity contribution in [2.75, 3.05) is 25.6 Å². The molecular formula is C50H81N3O18P2. The van der Waals surface area contributed by atoms with Gasteiger partial charge in [-0.3, -0.25) is 23.2 Å². The lowest BCUT2D eigenvalue weighted by Gasteiger charge is -2.21. The van der Waals surface area contributed by atoms with Crippen molar-refractivity contribution >= 4 is 33.4 Å². The number of nitrogen functional groups attached to an aromatic ring is 1. The molecule has 1 aliphatic rings. The molecule has 2 unspecified atom stereocenters. The number of phosphoric acid groups is 2. The standard InChI is InChI=1S/C50H81N3O18P2/c1-3-5-7-8-9-10-11-12-13-14-15-16-17-22-26-32-46(58)69-40(36-66-45(57)33-27-31-42(56)41(55)30-25-21-19-18-20-24-29-39(54)28-23-6-4-2)37-67-72(62,63)71-73(64,65)68-38-43-47(59)48(60)49(70-43)53-35-34-44(51)52-50(53)61/h6,12-13,18-21,23-25,29-30,34-35,39-43,47-49,54-56,59-60H,3-5,7-11,14-17,22,26-28,31-33,36-38H2,1-2H3,(H,62,63)(H,64,65)(H2,51,52,61)/b13-12-,20-18+,21-19-,23-6-,29-24+,30-25-/t39-,40-,41+,42+,43-,47-,48-,49-/m1/s1. The third kappa shape index (κ3) is 30.3. The van der Waals surface area contributed by atoms with Crippen molar-refractivity contribution in [1.82, 2.24) is 9.55 Å². The summed E-state index contributed by atoms with van der Waals surface area (Å²) < 4.78 is 56.5. The molecule has 21 nitrogen and oxygen atoms in total. The highest BCUT2D eigenvalue weighted by Crippen LogP contribution is 2.60. The SMILES string of the molecule is CC/C=C\C[C@@H](O)/C=C/C=C/C=C\C=C/[C@H](O)[C@@H](O)CCCC(=O)OC[C@H](COP(=O)(O)OP(=O)(O)OC[C@H]1O[C@@H](n2ccc(N)nc2=O)[C@H](O)[C@@H]1O)OC(=O)CCCCCCC/C=C\CCCCCCCC. The maximum Gasteiger partial charge on any atom is 0.481 e. The Bertz CT molecular complexity index is 2060. The van der Waals surface area contributed by atoms with Crippen LogP contribution in [-0.4, -0.2) is 119 Å². The van der Waals surface area contributed by atoms with Crippen LogP contribution >= 0.6 is 15.6 Å². The number of ether oxygens (including phenoxy) is 3. The summed E-state index contributed by atoms with van der Waals surface area (Å²) in [5.74, 6) is -1.66. The minimum absolute atomic E-state index is 0.00365. The van der Waals surface area contributed by atoms with Gasteiger partial charge in [0.25, 0.3) is 0 Å². The van der Waals surface area contributed by atoms with Gasteiger partial charge >= 0.3 is 33.3 Å². The van der Waals surface area contributed by atoms with Crippen LogP contribution in [-0.2, 0) is 46.3 Å². The molecule has 2 rings (SSSR count). The topological polar surface area (TPSA) is 326 Å². The summed E-state index contributed by atoms with van der Waals surface area (Å²) in [6.45, 7) is 1.60. The van der Waals surface area contributed by atoms with Crippen LogP contribution in [0.4, 0.5) is 5.82 Å². The Balaban J connectivity index is 1.90. The monoisotopic (exact) mass is 1070 g/mol. The molecule has 1 fully saturated rings. The van der Waals surface area contributed by atoms with Crippen molar-refractivity contribution in [3.8, 4) is 0 Å². The first-order valence-corrected chi connectivity index (χ1v) is 28.3. The lowest BCUT2D eigenvalue weighted by atomic mass is 10.1. The molecule has 0 saturated carbocycles. The number of nitrogens with zero attached hydrogens (tertiary/aromatic N) is 2. The fourth-order valence-corrected chi connectivity index (χ4v) is 9.17. The number of aromatic nitrogens is 2. The Hall–Kier alpha value is -3.92. The number of anilines is 1. The molecule has 0 radical (unpaired) electrons. The van der Waals surface area contributed by atoms with E-state index in [2.05, 4.69) is 28.4 Å². The van der Waals surface area contributed by atoms with Gasteiger partial charge in [-0.1, -0.05) is 138 Å². The van der Waals surface area contributed by atoms with Gasteiger partial charge in [0, 0.05) is 19.0 Å². The van der Waals surface area contributed by atoms with Crippen LogP contribution in [0.2, 0.25) is 0 Å². The second kappa shape index (κ2) is 37.8. The van der Waals surface area contributed by atoms with E-state index in [0.717, 1.165) is 55.7 Å². The first-order valence-electron chi connectivity index (χ1n) is 25.3. The van der Waals surface area contributed by atoms with Crippen molar-refractivity contribution in [2.24, 2.45) is 0 Å². The normalized spacial score (nSPS) is 20.9. The Kier molecular flexibility index (Phi) is 33.7. The summed E-state index contributed by atoms with van der Waals surface area (Å²) in [6, 6.07) is 1.22. The van der Waals surface area contributed by atoms with Gasteiger partial charge < -0.3 is 55.3 Å². The molecule has 0 spiro atoms. The second-order valence-corrected chi connectivity index (χ2v) is 20.5. The number of aliphatic hydroxyl groups excluding tert-OH is 5. The summed E-state index contributed by atoms with van der Waals surface area (Å²) in [4.78, 5) is 61.9. The zero-order valence-electron chi connectivity index (χ0n) is 42.2. The number of hydrogen-bond acceptors (Lipinski definition) is 18. The fraction of sp³-hybridized carbons (Fsp3) is 0.640. The minimum Gasteiger partial charge on any atom is -0.462 e. The van der Waals surface area contributed by atoms with Crippen LogP contribution in [0.15, 0.2) is 90.0 Å². The first kappa shape index (κ1) is 65.2. The summed E-state index contributed by atoms with van der Waals surface area (Å²) in [6.07, 6.45) is 26.3. The predicted octanol–water partition coefficient (Wildman–Crippen LogP) is 7.02. The van der Waals surface area contributed by atoms with E-state index in [-0.39, 0.29) is 31.5 Å². The number of allylic oxidation sites excluding steroid dienone is 9. The van der Waals surface area contributed by atoms with Gasteiger partial charge in [0.2, 0.25) is 0 Å². The molecule has 2 heterocycles. The number of carbonyl (C=O) groups is 2. The molecule has 23 heteroatoms. The Labute approximate surface area is 429 Å². The highest BCUT2D eigenvalue weighted by molar-refractivity contribution is 7.61. The van der Waals surface area contributed by atoms with Gasteiger partial charge in [0.15, 0.2) is 12.3 Å². The summed E-state index contributed by atoms with van der Waals surface area (Å²) in [5.41, 5.74) is 4.55. The lowest BCUT2D eigenvalue weighted by molar-refractivity contribution is -0.161. The number of esters is 2. The number of rotatable bonds is 40. The zero-order chi connectivity index (χ0) is 53.9. The van der Waals surface area contributed by atoms with Crippen LogP contribution in [0, 0.1) is 0 Å². The smallest absolute Gasteiger partial charge is 0.462 e. The maximum absolute atomic E-state index is 12.9. The number of nitrogens with two attached hydrogens (primary N) is 1. The molecule has 0 amide bonds. The van der Waals surface area contributed by atoms with Crippen LogP contribution in [0.25, 0.3) is 0 Å². The number of carbonyl (C=O) groups excluding carboxylic acids is 2. The van der Waals surface area contributed by atoms with Crippen LogP contribution in [0.3, 0.4) is 0 Å². The molecule has 0 aromatic carbocycles. The number of unbranched alkanes of at least 4 members (excludes halogenated alkanes) is 11. The number of phosphoric ester groups is 2. The van der Waals surface area contributed by atoms with Crippen molar-refractivity contribution in [3.63, 3.8) is 0 Å². The van der Waals surface area contributed by atoms with Crippen molar-refractivity contribution < 1.29 is 81.6 Å². The highest BCUT2D eigenvalue weighted by atomic mass is 31.3. The largest absolute Gasteiger partial charge is 0.481 e. The molecular weight excluding hydrogens is 993 g/mol. The molecule has 10 atom stereocenters. The molecule has 1 aromatic heterocycles. The Morgan fingerprint density at radius 3 is 2.03 bits per heavy atom. The van der Waals surface area contributed by atoms with E-state index >= 15 is 0 Å². The van der Waals surface area contributed by atoms with E-state index in [1.807, 2.05) is 19.1 Å². The van der Waals surface area contributed by atoms with E-state index in [1.54, 1.807) is 36.5 Å². The first-order chi connectivity index (χ1) is 34.9. The molecule has 1 aromatic rings. The minimum atomic E-state index is -5.51. The average Bonchev–Trinajstić information content (AvgIpc) is 3.62. The second-order valence-electron chi connectivity index (χ2n) is 17.5. The number of hydrogen-bond donors (Lipinski definition) is 8. The quantitative estimate of drug-likeness (QED) is 0.0108. The highest BCUT2D eigenvalue weighted by Gasteiger charge is 2.46. The molecule has 1 aliphatic heterocycles. The maximum atomic E-state index is 12.9. The van der Waals surface area contributed by atoms with Gasteiger partial charge in [-0.05, 0) is 63.9 Å². The van der Waals surface area contributed by atoms with Crippen LogP contribution in [0.5, 0.6) is 0 Å². The van der Waals surface area contributed by atoms with Crippen molar-refractivity contribution in [1.29, 1.82) is 0 Å². The van der Waals surface area contributed by atoms with E-state index in [1.165, 1.54) is 56.7 Å². The van der Waals surface area contributed by atoms with Crippen molar-refractivity contribution in [3.05, 3.63) is 95.7 Å². The van der Waals surface area contributed by atoms with Gasteiger partial charge in [-0.2, -0.15) is 9.29 Å². The van der Waals surface area contributed by atoms with Gasteiger partial charge in [0.1, 0.15) is 30.7 Å². The summed E-state index contributed by atoms with van der Waals surface area (Å²) in [7, 11) is -11.0. The average molecular weight is 1070 g/mol. The van der Waals surface area contributed by atoms with Gasteiger partial charge in [-0.25, -0.2) is 13.9 Å². The van der Waals surface area contributed by atoms with E-state index in [0.29, 0.717) is 12.8 Å². The number of aliphatic hydroxyl groups is 5. The molecule has 0 aliphatic carbocycles. The molecule has 9 N–H and O–H groups in total. The third-order valence-electron chi connectivity index (χ3n) is 11.1. The van der Waals surface area contributed by atoms with Crippen molar-refractivity contribution in [2.45, 2.75) is 185 Å². The zero-order valence-corrected chi connectivity index (χ0v) is 44.0. The van der Waals surface area contributed by atoms with E-state index in [4.69, 9.17) is 29.0 Å². The fourth-order valence-electron chi connectivity index (χ4n) is 7.06. The molecule has 73 heavy (non-hydrogen) atoms. The van der Waals surface area contributed by atoms with Gasteiger partial charge in [0.05, 0.1) is 31.5 Å². The Morgan fingerprint density at radius 2 is 1.37 bits per heavy atom. The summed E-state index contributed by atoms with van der Waals surface area (Å²) in [5, 5.41) is 51.5. The van der Waals surface area contributed by atoms with Gasteiger partial charge in [-0.15, -0.1) is 0 Å². The van der Waals surface area contributed by atoms with Crippen LogP contribution < -0.4 is 11.4 Å².